The van der Waals surface area contributed by atoms with Crippen molar-refractivity contribution in [2.75, 3.05) is 31.6 Å². The second kappa shape index (κ2) is 6.91. The van der Waals surface area contributed by atoms with Gasteiger partial charge in [0, 0.05) is 19.2 Å². The van der Waals surface area contributed by atoms with Crippen molar-refractivity contribution in [2.24, 2.45) is 0 Å². The Morgan fingerprint density at radius 2 is 2.14 bits per heavy atom. The molecule has 1 aliphatic heterocycles. The lowest BCUT2D eigenvalue weighted by Gasteiger charge is -2.24. The van der Waals surface area contributed by atoms with Crippen molar-refractivity contribution in [1.29, 1.82) is 0 Å². The van der Waals surface area contributed by atoms with Crippen molar-refractivity contribution in [2.45, 2.75) is 32.4 Å². The molecular weight excluding hydrogens is 264 g/mol. The SMILES string of the molecule is CCOCCn1c(NC2CCNCC2)nc2ccccc21. The van der Waals surface area contributed by atoms with E-state index >= 15 is 0 Å². The molecular formula is C16H24N4O. The highest BCUT2D eigenvalue weighted by Crippen LogP contribution is 2.21. The van der Waals surface area contributed by atoms with E-state index in [1.807, 2.05) is 13.0 Å². The molecule has 0 unspecified atom stereocenters. The van der Waals surface area contributed by atoms with Gasteiger partial charge in [0.25, 0.3) is 0 Å². The summed E-state index contributed by atoms with van der Waals surface area (Å²) in [4.78, 5) is 4.76. The Hall–Kier alpha value is -1.59. The molecule has 114 valence electrons. The zero-order valence-electron chi connectivity index (χ0n) is 12.6. The largest absolute Gasteiger partial charge is 0.380 e. The van der Waals surface area contributed by atoms with Crippen LogP contribution in [0, 0.1) is 0 Å². The number of imidazole rings is 1. The van der Waals surface area contributed by atoms with Gasteiger partial charge in [-0.1, -0.05) is 12.1 Å². The van der Waals surface area contributed by atoms with Crippen LogP contribution in [0.4, 0.5) is 5.95 Å². The number of hydrogen-bond donors (Lipinski definition) is 2. The Labute approximate surface area is 125 Å². The summed E-state index contributed by atoms with van der Waals surface area (Å²) >= 11 is 0. The van der Waals surface area contributed by atoms with Crippen molar-refractivity contribution in [3.8, 4) is 0 Å². The standard InChI is InChI=1S/C16H24N4O/c1-2-21-12-11-20-15-6-4-3-5-14(15)19-16(20)18-13-7-9-17-10-8-13/h3-6,13,17H,2,7-12H2,1H3,(H,18,19). The highest BCUT2D eigenvalue weighted by molar-refractivity contribution is 5.78. The van der Waals surface area contributed by atoms with Crippen LogP contribution in [0.1, 0.15) is 19.8 Å². The fourth-order valence-corrected chi connectivity index (χ4v) is 2.86. The van der Waals surface area contributed by atoms with Gasteiger partial charge in [-0.05, 0) is 45.0 Å². The normalized spacial score (nSPS) is 16.4. The maximum Gasteiger partial charge on any atom is 0.204 e. The Bertz CT molecular complexity index is 575. The molecule has 1 aromatic carbocycles. The average Bonchev–Trinajstić information content (AvgIpc) is 2.86. The monoisotopic (exact) mass is 288 g/mol. The molecule has 2 heterocycles. The molecule has 1 fully saturated rings. The molecule has 2 N–H and O–H groups in total. The van der Waals surface area contributed by atoms with E-state index in [0.717, 1.165) is 57.2 Å². The number of anilines is 1. The van der Waals surface area contributed by atoms with Crippen molar-refractivity contribution in [3.05, 3.63) is 24.3 Å². The van der Waals surface area contributed by atoms with Gasteiger partial charge in [-0.25, -0.2) is 4.98 Å². The van der Waals surface area contributed by atoms with Gasteiger partial charge in [0.1, 0.15) is 0 Å². The quantitative estimate of drug-likeness (QED) is 0.800. The van der Waals surface area contributed by atoms with Gasteiger partial charge in [-0.2, -0.15) is 0 Å². The zero-order chi connectivity index (χ0) is 14.5. The van der Waals surface area contributed by atoms with Gasteiger partial charge >= 0.3 is 0 Å². The number of nitrogens with one attached hydrogen (secondary N) is 2. The number of ether oxygens (including phenoxy) is 1. The number of benzene rings is 1. The summed E-state index contributed by atoms with van der Waals surface area (Å²) < 4.78 is 7.76. The lowest BCUT2D eigenvalue weighted by atomic mass is 10.1. The third kappa shape index (κ3) is 3.36. The van der Waals surface area contributed by atoms with Crippen LogP contribution < -0.4 is 10.6 Å². The second-order valence-corrected chi connectivity index (χ2v) is 5.44. The van der Waals surface area contributed by atoms with Crippen LogP contribution >= 0.6 is 0 Å². The lowest BCUT2D eigenvalue weighted by Crippen LogP contribution is -2.36. The minimum absolute atomic E-state index is 0.508. The van der Waals surface area contributed by atoms with Crippen molar-refractivity contribution in [3.63, 3.8) is 0 Å². The molecule has 2 aromatic rings. The fourth-order valence-electron chi connectivity index (χ4n) is 2.86. The molecule has 1 saturated heterocycles. The van der Waals surface area contributed by atoms with Crippen LogP contribution in [0.25, 0.3) is 11.0 Å². The summed E-state index contributed by atoms with van der Waals surface area (Å²) in [6.07, 6.45) is 2.29. The van der Waals surface area contributed by atoms with Gasteiger partial charge < -0.3 is 19.9 Å². The molecule has 0 saturated carbocycles. The Morgan fingerprint density at radius 3 is 2.95 bits per heavy atom. The Morgan fingerprint density at radius 1 is 1.33 bits per heavy atom. The van der Waals surface area contributed by atoms with Crippen LogP contribution in [0.15, 0.2) is 24.3 Å². The third-order valence-electron chi connectivity index (χ3n) is 3.99. The predicted octanol–water partition coefficient (Wildman–Crippen LogP) is 2.24. The number of aromatic nitrogens is 2. The summed E-state index contributed by atoms with van der Waals surface area (Å²) in [6.45, 7) is 6.50. The first-order valence-corrected chi connectivity index (χ1v) is 7.88. The third-order valence-corrected chi connectivity index (χ3v) is 3.99. The number of nitrogens with zero attached hydrogens (tertiary/aromatic N) is 2. The van der Waals surface area contributed by atoms with E-state index in [1.165, 1.54) is 5.52 Å². The van der Waals surface area contributed by atoms with E-state index in [2.05, 4.69) is 33.4 Å². The summed E-state index contributed by atoms with van der Waals surface area (Å²) in [6, 6.07) is 8.81. The first kappa shape index (κ1) is 14.4. The van der Waals surface area contributed by atoms with E-state index in [-0.39, 0.29) is 0 Å². The van der Waals surface area contributed by atoms with Crippen LogP contribution in [0.5, 0.6) is 0 Å². The van der Waals surface area contributed by atoms with Crippen molar-refractivity contribution >= 4 is 17.0 Å². The molecule has 1 aromatic heterocycles. The van der Waals surface area contributed by atoms with E-state index in [4.69, 9.17) is 9.72 Å². The van der Waals surface area contributed by atoms with Crippen LogP contribution in [0.2, 0.25) is 0 Å². The summed E-state index contributed by atoms with van der Waals surface area (Å²) in [5, 5.41) is 7.02. The van der Waals surface area contributed by atoms with Gasteiger partial charge in [0.15, 0.2) is 0 Å². The average molecular weight is 288 g/mol. The van der Waals surface area contributed by atoms with Crippen molar-refractivity contribution in [1.82, 2.24) is 14.9 Å². The maximum atomic E-state index is 5.51. The molecule has 21 heavy (non-hydrogen) atoms. The summed E-state index contributed by atoms with van der Waals surface area (Å²) in [7, 11) is 0. The fraction of sp³-hybridized carbons (Fsp3) is 0.562. The molecule has 5 nitrogen and oxygen atoms in total. The second-order valence-electron chi connectivity index (χ2n) is 5.44. The lowest BCUT2D eigenvalue weighted by molar-refractivity contribution is 0.140. The number of hydrogen-bond acceptors (Lipinski definition) is 4. The van der Waals surface area contributed by atoms with E-state index < -0.39 is 0 Å². The molecule has 3 rings (SSSR count). The minimum Gasteiger partial charge on any atom is -0.380 e. The summed E-state index contributed by atoms with van der Waals surface area (Å²) in [5.41, 5.74) is 2.22. The number of piperidine rings is 1. The highest BCUT2D eigenvalue weighted by Gasteiger charge is 2.17. The molecule has 0 radical (unpaired) electrons. The van der Waals surface area contributed by atoms with E-state index in [1.54, 1.807) is 0 Å². The first-order valence-electron chi connectivity index (χ1n) is 7.88. The van der Waals surface area contributed by atoms with Gasteiger partial charge in [-0.3, -0.25) is 0 Å². The summed E-state index contributed by atoms with van der Waals surface area (Å²) in [5.74, 6) is 0.975. The van der Waals surface area contributed by atoms with Crippen LogP contribution in [-0.2, 0) is 11.3 Å². The van der Waals surface area contributed by atoms with Gasteiger partial charge in [-0.15, -0.1) is 0 Å². The van der Waals surface area contributed by atoms with Crippen molar-refractivity contribution < 1.29 is 4.74 Å². The number of rotatable bonds is 6. The topological polar surface area (TPSA) is 51.1 Å². The van der Waals surface area contributed by atoms with Gasteiger partial charge in [0.05, 0.1) is 17.6 Å². The van der Waals surface area contributed by atoms with E-state index in [9.17, 15) is 0 Å². The molecule has 0 atom stereocenters. The smallest absolute Gasteiger partial charge is 0.204 e. The first-order chi connectivity index (χ1) is 10.4. The molecule has 0 amide bonds. The van der Waals surface area contributed by atoms with E-state index in [0.29, 0.717) is 6.04 Å². The molecule has 0 spiro atoms. The minimum atomic E-state index is 0.508. The Kier molecular flexibility index (Phi) is 4.72. The predicted molar refractivity (Wildman–Crippen MR) is 85.7 cm³/mol. The van der Waals surface area contributed by atoms with Crippen LogP contribution in [0.3, 0.4) is 0 Å². The zero-order valence-corrected chi connectivity index (χ0v) is 12.6. The Balaban J connectivity index is 1.82. The number of fused-ring (bicyclic) bond motifs is 1. The highest BCUT2D eigenvalue weighted by atomic mass is 16.5. The van der Waals surface area contributed by atoms with Crippen LogP contribution in [-0.4, -0.2) is 41.9 Å². The number of para-hydroxylation sites is 2. The molecule has 0 bridgehead atoms. The molecule has 5 heteroatoms. The molecule has 0 aliphatic carbocycles. The van der Waals surface area contributed by atoms with Gasteiger partial charge in [0.2, 0.25) is 5.95 Å². The maximum absolute atomic E-state index is 5.51. The molecule has 1 aliphatic rings.